The van der Waals surface area contributed by atoms with Gasteiger partial charge in [-0.2, -0.15) is 0 Å². The van der Waals surface area contributed by atoms with Gasteiger partial charge in [-0.3, -0.25) is 0 Å². The number of nitrogens with zero attached hydrogens (tertiary/aromatic N) is 2. The van der Waals surface area contributed by atoms with Crippen LogP contribution in [-0.4, -0.2) is 21.9 Å². The molecular formula is C13H15Cl2N3. The van der Waals surface area contributed by atoms with Crippen LogP contribution in [0.1, 0.15) is 37.2 Å². The number of hydrogen-bond acceptors (Lipinski definition) is 2. The first-order valence-corrected chi connectivity index (χ1v) is 5.99. The molecule has 2 aromatic heterocycles. The Balaban J connectivity index is 2.33. The Labute approximate surface area is 130 Å². The van der Waals surface area contributed by atoms with Gasteiger partial charge in [0.1, 0.15) is 1.41 Å². The number of pyridine rings is 1. The van der Waals surface area contributed by atoms with E-state index in [4.69, 9.17) is 37.0 Å². The van der Waals surface area contributed by atoms with Gasteiger partial charge in [0.2, 0.25) is 0 Å². The van der Waals surface area contributed by atoms with E-state index >= 15 is 0 Å². The van der Waals surface area contributed by atoms with Gasteiger partial charge in [-0.05, 0) is 25.4 Å². The maximum absolute atomic E-state index is 8.55. The molecule has 1 saturated heterocycles. The molecule has 0 saturated carbocycles. The highest BCUT2D eigenvalue weighted by Gasteiger charge is 2.15. The average Bonchev–Trinajstić information content (AvgIpc) is 2.98. The van der Waals surface area contributed by atoms with Crippen molar-refractivity contribution in [1.82, 2.24) is 14.7 Å². The number of halogens is 2. The highest BCUT2D eigenvalue weighted by molar-refractivity contribution is 6.36. The first-order valence-electron chi connectivity index (χ1n) is 10.3. The summed E-state index contributed by atoms with van der Waals surface area (Å²) in [6, 6.07) is -3.33. The van der Waals surface area contributed by atoms with Gasteiger partial charge >= 0.3 is 0 Å². The Morgan fingerprint density at radius 1 is 1.72 bits per heavy atom. The number of fused-ring (bicyclic) bond motifs is 1. The van der Waals surface area contributed by atoms with Crippen LogP contribution in [0.25, 0.3) is 5.65 Å². The minimum atomic E-state index is -3.04. The van der Waals surface area contributed by atoms with Crippen LogP contribution in [-0.2, 0) is 6.37 Å². The molecule has 0 spiro atoms. The first kappa shape index (κ1) is 5.31. The average molecular weight is 294 g/mol. The molecule has 18 heavy (non-hydrogen) atoms. The number of imidazole rings is 1. The molecule has 96 valence electrons. The third-order valence-corrected chi connectivity index (χ3v) is 2.73. The van der Waals surface area contributed by atoms with Crippen molar-refractivity contribution in [3.63, 3.8) is 0 Å². The fourth-order valence-electron chi connectivity index (χ4n) is 1.55. The summed E-state index contributed by atoms with van der Waals surface area (Å²) < 4.78 is 82.6. The molecule has 2 atom stereocenters. The second-order valence-electron chi connectivity index (χ2n) is 3.59. The summed E-state index contributed by atoms with van der Waals surface area (Å²) in [7, 11) is 0. The van der Waals surface area contributed by atoms with Gasteiger partial charge in [-0.25, -0.2) is 4.98 Å². The molecule has 1 unspecified atom stereocenters. The molecule has 1 fully saturated rings. The summed E-state index contributed by atoms with van der Waals surface area (Å²) in [5.41, 5.74) is -1.03. The van der Waals surface area contributed by atoms with Crippen LogP contribution in [0.4, 0.5) is 0 Å². The van der Waals surface area contributed by atoms with Crippen LogP contribution in [0, 0.1) is 0 Å². The Hall–Kier alpha value is -0.770. The SMILES string of the molecule is [2H]c1c(Cl)c([2H])n2c([2H])c(C([2H])([2H])[C@@]3([2H])N([2H])CCC([2H])C3([2H])[2H])nc2c1Cl. The lowest BCUT2D eigenvalue weighted by Crippen LogP contribution is -2.35. The largest absolute Gasteiger partial charge is 0.314 e. The van der Waals surface area contributed by atoms with Crippen molar-refractivity contribution in [2.24, 2.45) is 0 Å². The van der Waals surface area contributed by atoms with Crippen LogP contribution in [0.15, 0.2) is 18.4 Å². The molecule has 0 radical (unpaired) electrons. The predicted octanol–water partition coefficient (Wildman–Crippen LogP) is 3.33. The Bertz CT molecular complexity index is 964. The molecule has 0 bridgehead atoms. The Morgan fingerprint density at radius 2 is 2.61 bits per heavy atom. The summed E-state index contributed by atoms with van der Waals surface area (Å²) in [6.07, 6.45) is -8.56. The van der Waals surface area contributed by atoms with Crippen LogP contribution < -0.4 is 5.31 Å². The summed E-state index contributed by atoms with van der Waals surface area (Å²) in [6.45, 7) is -0.218. The van der Waals surface area contributed by atoms with Gasteiger partial charge in [0.15, 0.2) is 5.65 Å². The Kier molecular flexibility index (Phi) is 1.50. The van der Waals surface area contributed by atoms with Gasteiger partial charge in [-0.15, -0.1) is 0 Å². The fraction of sp³-hybridized carbons (Fsp3) is 0.462. The van der Waals surface area contributed by atoms with E-state index in [1.807, 2.05) is 0 Å². The third-order valence-electron chi connectivity index (χ3n) is 2.29. The zero-order valence-electron chi connectivity index (χ0n) is 19.1. The van der Waals surface area contributed by atoms with Gasteiger partial charge < -0.3 is 9.71 Å². The fourth-order valence-corrected chi connectivity index (χ4v) is 1.99. The minimum Gasteiger partial charge on any atom is -0.314 e. The van der Waals surface area contributed by atoms with E-state index in [-0.39, 0.29) is 28.7 Å². The van der Waals surface area contributed by atoms with E-state index in [9.17, 15) is 0 Å². The van der Waals surface area contributed by atoms with Crippen LogP contribution in [0.2, 0.25) is 11.5 Å². The lowest BCUT2D eigenvalue weighted by molar-refractivity contribution is 0.397. The van der Waals surface area contributed by atoms with E-state index in [1.165, 1.54) is 0 Å². The maximum Gasteiger partial charge on any atom is 0.155 e. The van der Waals surface area contributed by atoms with Gasteiger partial charge in [-0.1, -0.05) is 29.6 Å². The molecule has 1 aliphatic heterocycles. The predicted molar refractivity (Wildman–Crippen MR) is 74.6 cm³/mol. The van der Waals surface area contributed by atoms with Gasteiger partial charge in [0, 0.05) is 33.0 Å². The number of nitrogens with one attached hydrogen (secondary N) is 1. The summed E-state index contributed by atoms with van der Waals surface area (Å²) in [5.74, 6) is 0. The number of piperidine rings is 1. The van der Waals surface area contributed by atoms with Crippen molar-refractivity contribution in [2.75, 3.05) is 6.54 Å². The van der Waals surface area contributed by atoms with Gasteiger partial charge in [0.25, 0.3) is 0 Å². The zero-order valence-corrected chi connectivity index (χ0v) is 10.6. The van der Waals surface area contributed by atoms with E-state index in [0.29, 0.717) is 5.31 Å². The normalized spacial score (nSPS) is 41.3. The van der Waals surface area contributed by atoms with Crippen molar-refractivity contribution in [3.05, 3.63) is 34.1 Å². The molecule has 3 heterocycles. The van der Waals surface area contributed by atoms with E-state index in [2.05, 4.69) is 4.98 Å². The number of aromatic nitrogens is 2. The molecular weight excluding hydrogens is 269 g/mol. The second-order valence-corrected chi connectivity index (χ2v) is 4.34. The zero-order chi connectivity index (χ0) is 21.4. The molecule has 0 aromatic carbocycles. The van der Waals surface area contributed by atoms with Crippen LogP contribution in [0.3, 0.4) is 0 Å². The summed E-state index contributed by atoms with van der Waals surface area (Å²) >= 11 is 11.9. The highest BCUT2D eigenvalue weighted by Crippen LogP contribution is 2.22. The molecule has 2 aromatic rings. The van der Waals surface area contributed by atoms with E-state index in [1.54, 1.807) is 0 Å². The van der Waals surface area contributed by atoms with Crippen LogP contribution >= 0.6 is 23.2 Å². The molecule has 0 amide bonds. The lowest BCUT2D eigenvalue weighted by Gasteiger charge is -2.22. The van der Waals surface area contributed by atoms with Crippen molar-refractivity contribution in [1.29, 1.82) is 0 Å². The molecule has 1 N–H and O–H groups in total. The smallest absolute Gasteiger partial charge is 0.155 e. The second kappa shape index (κ2) is 5.08. The van der Waals surface area contributed by atoms with Crippen molar-refractivity contribution >= 4 is 28.8 Å². The quantitative estimate of drug-likeness (QED) is 0.920. The van der Waals surface area contributed by atoms with Gasteiger partial charge in [0.05, 0.1) is 19.9 Å². The highest BCUT2D eigenvalue weighted by atomic mass is 35.5. The monoisotopic (exact) mass is 293 g/mol. The van der Waals surface area contributed by atoms with Crippen LogP contribution in [0.5, 0.6) is 0 Å². The lowest BCUT2D eigenvalue weighted by atomic mass is 10.0. The third kappa shape index (κ3) is 2.48. The van der Waals surface area contributed by atoms with Crippen molar-refractivity contribution in [2.45, 2.75) is 31.6 Å². The Morgan fingerprint density at radius 3 is 3.50 bits per heavy atom. The number of rotatable bonds is 2. The molecule has 3 rings (SSSR count). The molecule has 5 heteroatoms. The molecule has 3 nitrogen and oxygen atoms in total. The maximum atomic E-state index is 8.55. The summed E-state index contributed by atoms with van der Waals surface area (Å²) in [4.78, 5) is 3.90. The number of hydrogen-bond donors (Lipinski definition) is 1. The standard InChI is InChI=1S/C13H15Cl2N3/c14-9-5-12(15)13-17-11(8-18(13)7-9)6-10-3-1-2-4-16-10/h5,7-8,10,16H,1-4,6H2/t10-/m0/s1/i1D,3D2,5D,6D2,7D,8D,10D/hD/t1?,10-. The molecule has 0 aliphatic carbocycles. The van der Waals surface area contributed by atoms with Crippen molar-refractivity contribution < 1.29 is 13.7 Å². The first-order chi connectivity index (χ1) is 12.7. The molecule has 1 aliphatic rings. The minimum absolute atomic E-state index is 0.0629. The van der Waals surface area contributed by atoms with E-state index in [0.717, 1.165) is 4.40 Å². The topological polar surface area (TPSA) is 29.3 Å². The van der Waals surface area contributed by atoms with E-state index < -0.39 is 49.2 Å². The summed E-state index contributed by atoms with van der Waals surface area (Å²) in [5, 5.41) is -0.283. The van der Waals surface area contributed by atoms with Crippen molar-refractivity contribution in [3.8, 4) is 0 Å².